The van der Waals surface area contributed by atoms with E-state index in [0.717, 1.165) is 0 Å². The molecule has 0 heterocycles. The standard InChI is InChI=1S/C11H13NO2/c1-3-7-12-8(2)11-9(13)5-4-6-10(11)14/h1,4-6,8,12-14H,7H2,2H3. The number of aromatic hydroxyl groups is 2. The predicted octanol–water partition coefficient (Wildman–Crippen LogP) is 1.38. The highest BCUT2D eigenvalue weighted by Crippen LogP contribution is 2.31. The molecule has 0 aliphatic heterocycles. The SMILES string of the molecule is C#CCNC(C)c1c(O)cccc1O. The largest absolute Gasteiger partial charge is 0.507 e. The molecule has 0 aromatic heterocycles. The van der Waals surface area contributed by atoms with Crippen molar-refractivity contribution in [1.82, 2.24) is 5.32 Å². The van der Waals surface area contributed by atoms with Crippen LogP contribution in [0.2, 0.25) is 0 Å². The molecule has 0 spiro atoms. The first-order valence-electron chi connectivity index (χ1n) is 4.34. The van der Waals surface area contributed by atoms with Crippen molar-refractivity contribution >= 4 is 0 Å². The van der Waals surface area contributed by atoms with Gasteiger partial charge in [0.1, 0.15) is 11.5 Å². The van der Waals surface area contributed by atoms with Gasteiger partial charge in [0.05, 0.1) is 12.1 Å². The summed E-state index contributed by atoms with van der Waals surface area (Å²) in [5.41, 5.74) is 0.475. The van der Waals surface area contributed by atoms with E-state index in [1.165, 1.54) is 12.1 Å². The Hall–Kier alpha value is -1.66. The second-order valence-electron chi connectivity index (χ2n) is 3.02. The van der Waals surface area contributed by atoms with E-state index in [1.54, 1.807) is 6.07 Å². The lowest BCUT2D eigenvalue weighted by molar-refractivity contribution is 0.422. The van der Waals surface area contributed by atoms with E-state index in [2.05, 4.69) is 11.2 Å². The van der Waals surface area contributed by atoms with Crippen LogP contribution in [0.3, 0.4) is 0 Å². The molecule has 3 heteroatoms. The zero-order chi connectivity index (χ0) is 10.6. The van der Waals surface area contributed by atoms with Crippen molar-refractivity contribution < 1.29 is 10.2 Å². The first-order valence-corrected chi connectivity index (χ1v) is 4.34. The topological polar surface area (TPSA) is 52.5 Å². The minimum Gasteiger partial charge on any atom is -0.507 e. The Balaban J connectivity index is 2.89. The summed E-state index contributed by atoms with van der Waals surface area (Å²) in [6.45, 7) is 2.22. The zero-order valence-corrected chi connectivity index (χ0v) is 7.99. The first kappa shape index (κ1) is 10.4. The normalized spacial score (nSPS) is 12.0. The average molecular weight is 191 g/mol. The molecule has 0 aliphatic carbocycles. The van der Waals surface area contributed by atoms with E-state index in [-0.39, 0.29) is 17.5 Å². The number of benzene rings is 1. The maximum Gasteiger partial charge on any atom is 0.124 e. The van der Waals surface area contributed by atoms with Crippen LogP contribution in [-0.4, -0.2) is 16.8 Å². The highest BCUT2D eigenvalue weighted by molar-refractivity contribution is 5.44. The maximum absolute atomic E-state index is 9.51. The van der Waals surface area contributed by atoms with Gasteiger partial charge in [-0.05, 0) is 19.1 Å². The fourth-order valence-electron chi connectivity index (χ4n) is 1.30. The Kier molecular flexibility index (Phi) is 3.38. The molecule has 1 rings (SSSR count). The summed E-state index contributed by atoms with van der Waals surface area (Å²) < 4.78 is 0. The van der Waals surface area contributed by atoms with Gasteiger partial charge in [-0.1, -0.05) is 12.0 Å². The van der Waals surface area contributed by atoms with Crippen LogP contribution in [0.25, 0.3) is 0 Å². The van der Waals surface area contributed by atoms with Gasteiger partial charge < -0.3 is 10.2 Å². The smallest absolute Gasteiger partial charge is 0.124 e. The minimum atomic E-state index is -0.174. The number of nitrogens with one attached hydrogen (secondary N) is 1. The molecule has 0 radical (unpaired) electrons. The molecule has 0 saturated heterocycles. The molecule has 0 bridgehead atoms. The molecule has 1 aromatic rings. The van der Waals surface area contributed by atoms with Crippen LogP contribution in [0.4, 0.5) is 0 Å². The second-order valence-corrected chi connectivity index (χ2v) is 3.02. The lowest BCUT2D eigenvalue weighted by atomic mass is 10.1. The summed E-state index contributed by atoms with van der Waals surface area (Å²) in [5.74, 6) is 2.58. The quantitative estimate of drug-likeness (QED) is 0.633. The summed E-state index contributed by atoms with van der Waals surface area (Å²) in [7, 11) is 0. The number of phenols is 2. The summed E-state index contributed by atoms with van der Waals surface area (Å²) >= 11 is 0. The lowest BCUT2D eigenvalue weighted by Crippen LogP contribution is -2.18. The molecule has 0 amide bonds. The van der Waals surface area contributed by atoms with E-state index in [1.807, 2.05) is 6.92 Å². The van der Waals surface area contributed by atoms with Crippen LogP contribution in [0.15, 0.2) is 18.2 Å². The monoisotopic (exact) mass is 191 g/mol. The molecule has 1 unspecified atom stereocenters. The van der Waals surface area contributed by atoms with Crippen LogP contribution in [-0.2, 0) is 0 Å². The Labute approximate surface area is 83.4 Å². The van der Waals surface area contributed by atoms with Crippen molar-refractivity contribution in [3.63, 3.8) is 0 Å². The van der Waals surface area contributed by atoms with E-state index < -0.39 is 0 Å². The lowest BCUT2D eigenvalue weighted by Gasteiger charge is -2.15. The molecule has 74 valence electrons. The van der Waals surface area contributed by atoms with Gasteiger partial charge >= 0.3 is 0 Å². The van der Waals surface area contributed by atoms with Crippen LogP contribution in [0, 0.1) is 12.3 Å². The second kappa shape index (κ2) is 4.54. The zero-order valence-electron chi connectivity index (χ0n) is 7.99. The summed E-state index contributed by atoms with van der Waals surface area (Å²) in [6.07, 6.45) is 5.09. The van der Waals surface area contributed by atoms with Gasteiger partial charge in [0.2, 0.25) is 0 Å². The Morgan fingerprint density at radius 2 is 2.00 bits per heavy atom. The van der Waals surface area contributed by atoms with E-state index in [9.17, 15) is 10.2 Å². The third kappa shape index (κ3) is 2.18. The van der Waals surface area contributed by atoms with Crippen LogP contribution < -0.4 is 5.32 Å². The highest BCUT2D eigenvalue weighted by Gasteiger charge is 2.13. The molecule has 0 saturated carbocycles. The number of phenolic OH excluding ortho intramolecular Hbond substituents is 2. The van der Waals surface area contributed by atoms with Crippen molar-refractivity contribution in [3.05, 3.63) is 23.8 Å². The number of hydrogen-bond donors (Lipinski definition) is 3. The number of rotatable bonds is 3. The predicted molar refractivity (Wildman–Crippen MR) is 55.0 cm³/mol. The molecule has 0 fully saturated rings. The highest BCUT2D eigenvalue weighted by atomic mass is 16.3. The fourth-order valence-corrected chi connectivity index (χ4v) is 1.30. The van der Waals surface area contributed by atoms with E-state index in [4.69, 9.17) is 6.42 Å². The molecule has 0 aliphatic rings. The minimum absolute atomic E-state index is 0.0713. The van der Waals surface area contributed by atoms with Gasteiger partial charge in [0.25, 0.3) is 0 Å². The first-order chi connectivity index (χ1) is 6.66. The Morgan fingerprint density at radius 1 is 1.43 bits per heavy atom. The van der Waals surface area contributed by atoms with Gasteiger partial charge in [-0.15, -0.1) is 6.42 Å². The number of terminal acetylenes is 1. The van der Waals surface area contributed by atoms with Crippen molar-refractivity contribution in [1.29, 1.82) is 0 Å². The Bertz CT molecular complexity index is 335. The molecule has 1 aromatic carbocycles. The van der Waals surface area contributed by atoms with E-state index >= 15 is 0 Å². The van der Waals surface area contributed by atoms with Crippen molar-refractivity contribution in [2.45, 2.75) is 13.0 Å². The van der Waals surface area contributed by atoms with Crippen molar-refractivity contribution in [2.24, 2.45) is 0 Å². The Morgan fingerprint density at radius 3 is 2.50 bits per heavy atom. The molecule has 14 heavy (non-hydrogen) atoms. The molecular formula is C11H13NO2. The third-order valence-electron chi connectivity index (χ3n) is 2.00. The third-order valence-corrected chi connectivity index (χ3v) is 2.00. The molecule has 3 nitrogen and oxygen atoms in total. The molecule has 3 N–H and O–H groups in total. The van der Waals surface area contributed by atoms with Gasteiger partial charge in [-0.2, -0.15) is 0 Å². The van der Waals surface area contributed by atoms with Gasteiger partial charge in [0.15, 0.2) is 0 Å². The fraction of sp³-hybridized carbons (Fsp3) is 0.273. The number of hydrogen-bond acceptors (Lipinski definition) is 3. The van der Waals surface area contributed by atoms with Crippen molar-refractivity contribution in [3.8, 4) is 23.8 Å². The van der Waals surface area contributed by atoms with Gasteiger partial charge in [-0.3, -0.25) is 5.32 Å². The average Bonchev–Trinajstić information content (AvgIpc) is 2.14. The van der Waals surface area contributed by atoms with Crippen LogP contribution in [0.1, 0.15) is 18.5 Å². The summed E-state index contributed by atoms with van der Waals surface area (Å²) in [6, 6.07) is 4.47. The summed E-state index contributed by atoms with van der Waals surface area (Å²) in [4.78, 5) is 0. The van der Waals surface area contributed by atoms with Crippen LogP contribution >= 0.6 is 0 Å². The molecule has 1 atom stereocenters. The molecular weight excluding hydrogens is 178 g/mol. The van der Waals surface area contributed by atoms with Crippen molar-refractivity contribution in [2.75, 3.05) is 6.54 Å². The maximum atomic E-state index is 9.51. The van der Waals surface area contributed by atoms with Crippen LogP contribution in [0.5, 0.6) is 11.5 Å². The van der Waals surface area contributed by atoms with Gasteiger partial charge in [-0.25, -0.2) is 0 Å². The van der Waals surface area contributed by atoms with Gasteiger partial charge in [0, 0.05) is 6.04 Å². The summed E-state index contributed by atoms with van der Waals surface area (Å²) in [5, 5.41) is 22.0. The van der Waals surface area contributed by atoms with E-state index in [0.29, 0.717) is 12.1 Å².